The van der Waals surface area contributed by atoms with E-state index in [1.165, 1.54) is 15.3 Å². The second-order valence-corrected chi connectivity index (χ2v) is 8.96. The first kappa shape index (κ1) is 23.9. The second kappa shape index (κ2) is 9.55. The molecule has 1 amide bonds. The molecule has 4 aromatic heterocycles. The van der Waals surface area contributed by atoms with Gasteiger partial charge in [-0.1, -0.05) is 13.8 Å². The van der Waals surface area contributed by atoms with Gasteiger partial charge in [-0.15, -0.1) is 0 Å². The monoisotopic (exact) mass is 476 g/mol. The van der Waals surface area contributed by atoms with E-state index in [9.17, 15) is 14.7 Å². The minimum atomic E-state index is -0.463. The first-order valence-corrected chi connectivity index (χ1v) is 11.1. The Bertz CT molecular complexity index is 1420. The van der Waals surface area contributed by atoms with E-state index in [4.69, 9.17) is 0 Å². The summed E-state index contributed by atoms with van der Waals surface area (Å²) in [6.45, 7) is 5.80. The largest absolute Gasteiger partial charge is 0.396 e. The molecule has 0 aliphatic rings. The van der Waals surface area contributed by atoms with E-state index in [2.05, 4.69) is 31.0 Å². The van der Waals surface area contributed by atoms with Gasteiger partial charge in [0.05, 0.1) is 18.1 Å². The highest BCUT2D eigenvalue weighted by molar-refractivity contribution is 6.00. The van der Waals surface area contributed by atoms with Crippen molar-refractivity contribution < 1.29 is 9.90 Å². The Labute approximate surface area is 201 Å². The molecule has 0 radical (unpaired) electrons. The minimum Gasteiger partial charge on any atom is -0.396 e. The van der Waals surface area contributed by atoms with Gasteiger partial charge in [0, 0.05) is 43.6 Å². The van der Waals surface area contributed by atoms with Crippen LogP contribution in [0.2, 0.25) is 0 Å². The molecule has 0 fully saturated rings. The van der Waals surface area contributed by atoms with Crippen LogP contribution in [0, 0.1) is 12.3 Å². The number of nitrogens with zero attached hydrogens (tertiary/aromatic N) is 5. The Morgan fingerprint density at radius 2 is 2.00 bits per heavy atom. The highest BCUT2D eigenvalue weighted by Crippen LogP contribution is 2.21. The fourth-order valence-electron chi connectivity index (χ4n) is 3.37. The maximum atomic E-state index is 13.1. The summed E-state index contributed by atoms with van der Waals surface area (Å²) in [5.41, 5.74) is 1.66. The normalized spacial score (nSPS) is 11.5. The Morgan fingerprint density at radius 3 is 2.69 bits per heavy atom. The lowest BCUT2D eigenvalue weighted by molar-refractivity contribution is 0.0912. The van der Waals surface area contributed by atoms with E-state index in [-0.39, 0.29) is 30.2 Å². The number of aliphatic hydroxyl groups excluding tert-OH is 1. The van der Waals surface area contributed by atoms with Crippen LogP contribution in [0.5, 0.6) is 0 Å². The molecule has 11 heteroatoms. The van der Waals surface area contributed by atoms with E-state index in [0.29, 0.717) is 28.7 Å². The van der Waals surface area contributed by atoms with Crippen LogP contribution in [-0.4, -0.2) is 55.4 Å². The van der Waals surface area contributed by atoms with E-state index in [0.717, 1.165) is 5.69 Å². The summed E-state index contributed by atoms with van der Waals surface area (Å²) in [5, 5.41) is 22.7. The van der Waals surface area contributed by atoms with Crippen molar-refractivity contribution in [1.82, 2.24) is 29.5 Å². The zero-order valence-electron chi connectivity index (χ0n) is 20.0. The van der Waals surface area contributed by atoms with E-state index in [1.807, 2.05) is 32.9 Å². The number of rotatable bonds is 8. The molecule has 0 aliphatic heterocycles. The summed E-state index contributed by atoms with van der Waals surface area (Å²) >= 11 is 0. The number of nitrogens with one attached hydrogen (secondary N) is 3. The molecule has 4 rings (SSSR count). The average Bonchev–Trinajstić information content (AvgIpc) is 3.28. The van der Waals surface area contributed by atoms with Gasteiger partial charge in [-0.05, 0) is 31.2 Å². The fraction of sp³-hybridized carbons (Fsp3) is 0.292. The van der Waals surface area contributed by atoms with Crippen molar-refractivity contribution in [1.29, 1.82) is 0 Å². The topological polar surface area (TPSA) is 138 Å². The highest BCUT2D eigenvalue weighted by Gasteiger charge is 2.21. The number of aromatic nitrogens is 5. The van der Waals surface area contributed by atoms with Gasteiger partial charge in [-0.3, -0.25) is 19.1 Å². The summed E-state index contributed by atoms with van der Waals surface area (Å²) in [7, 11) is 1.73. The summed E-state index contributed by atoms with van der Waals surface area (Å²) < 4.78 is 3.01. The Hall–Kier alpha value is -4.25. The van der Waals surface area contributed by atoms with Crippen molar-refractivity contribution >= 4 is 28.9 Å². The summed E-state index contributed by atoms with van der Waals surface area (Å²) in [5.74, 6) is 0.581. The molecule has 0 spiro atoms. The zero-order valence-corrected chi connectivity index (χ0v) is 20.0. The second-order valence-electron chi connectivity index (χ2n) is 8.96. The molecule has 0 aliphatic carbocycles. The highest BCUT2D eigenvalue weighted by atomic mass is 16.3. The van der Waals surface area contributed by atoms with Crippen molar-refractivity contribution in [3.05, 3.63) is 70.5 Å². The summed E-state index contributed by atoms with van der Waals surface area (Å²) in [4.78, 5) is 34.8. The van der Waals surface area contributed by atoms with Crippen LogP contribution < -0.4 is 21.5 Å². The molecule has 4 N–H and O–H groups in total. The number of fused-ring (bicyclic) bond motifs is 1. The predicted molar refractivity (Wildman–Crippen MR) is 134 cm³/mol. The van der Waals surface area contributed by atoms with Crippen molar-refractivity contribution in [2.75, 3.05) is 30.8 Å². The lowest BCUT2D eigenvalue weighted by atomic mass is 9.95. The third-order valence-electron chi connectivity index (χ3n) is 5.51. The molecule has 0 unspecified atom stereocenters. The maximum Gasteiger partial charge on any atom is 0.278 e. The van der Waals surface area contributed by atoms with Crippen LogP contribution in [0.25, 0.3) is 11.3 Å². The molecule has 0 saturated heterocycles. The van der Waals surface area contributed by atoms with Gasteiger partial charge in [0.25, 0.3) is 11.5 Å². The van der Waals surface area contributed by atoms with Crippen LogP contribution in [0.4, 0.5) is 17.3 Å². The smallest absolute Gasteiger partial charge is 0.278 e. The molecule has 11 nitrogen and oxygen atoms in total. The van der Waals surface area contributed by atoms with Crippen molar-refractivity contribution in [2.24, 2.45) is 5.41 Å². The minimum absolute atomic E-state index is 0.0640. The van der Waals surface area contributed by atoms with Crippen LogP contribution in [0.1, 0.15) is 29.9 Å². The van der Waals surface area contributed by atoms with Crippen molar-refractivity contribution in [3.63, 3.8) is 0 Å². The van der Waals surface area contributed by atoms with Crippen LogP contribution in [0.15, 0.2) is 53.7 Å². The third-order valence-corrected chi connectivity index (χ3v) is 5.51. The molecule has 35 heavy (non-hydrogen) atoms. The standard InChI is InChI=1S/C24H28N8O3/c1-15-7-8-16(11-26-15)31-9-5-6-18(23(31)35)29-19-10-20(25-4)32-21(30-19)17(12-28-32)22(34)27-13-24(2,3)14-33/h5-12,25,33H,13-14H2,1-4H3,(H,27,34)(H,29,30). The van der Waals surface area contributed by atoms with Gasteiger partial charge in [0.2, 0.25) is 0 Å². The Morgan fingerprint density at radius 1 is 1.20 bits per heavy atom. The predicted octanol–water partition coefficient (Wildman–Crippen LogP) is 2.12. The molecule has 4 aromatic rings. The maximum absolute atomic E-state index is 13.1. The molecule has 0 atom stereocenters. The number of carbonyl (C=O) groups is 1. The number of carbonyl (C=O) groups excluding carboxylic acids is 1. The number of hydrogen-bond donors (Lipinski definition) is 4. The molecule has 0 bridgehead atoms. The van der Waals surface area contributed by atoms with Crippen LogP contribution in [0.3, 0.4) is 0 Å². The molecule has 0 aromatic carbocycles. The van der Waals surface area contributed by atoms with Gasteiger partial charge >= 0.3 is 0 Å². The first-order valence-electron chi connectivity index (χ1n) is 11.1. The first-order chi connectivity index (χ1) is 16.7. The van der Waals surface area contributed by atoms with Crippen molar-refractivity contribution in [3.8, 4) is 5.69 Å². The van der Waals surface area contributed by atoms with E-state index < -0.39 is 5.41 Å². The van der Waals surface area contributed by atoms with Gasteiger partial charge in [-0.25, -0.2) is 4.98 Å². The number of pyridine rings is 2. The van der Waals surface area contributed by atoms with E-state index >= 15 is 0 Å². The molecular weight excluding hydrogens is 448 g/mol. The average molecular weight is 477 g/mol. The third kappa shape index (κ3) is 4.99. The fourth-order valence-corrected chi connectivity index (χ4v) is 3.37. The SMILES string of the molecule is CNc1cc(Nc2cccn(-c3ccc(C)nc3)c2=O)nc2c(C(=O)NCC(C)(C)CO)cnn12. The summed E-state index contributed by atoms with van der Waals surface area (Å²) in [6, 6.07) is 8.77. The van der Waals surface area contributed by atoms with Crippen LogP contribution >= 0.6 is 0 Å². The number of aryl methyl sites for hydroxylation is 1. The zero-order chi connectivity index (χ0) is 25.2. The quantitative estimate of drug-likeness (QED) is 0.303. The van der Waals surface area contributed by atoms with Gasteiger partial charge in [0.1, 0.15) is 22.9 Å². The lowest BCUT2D eigenvalue weighted by Crippen LogP contribution is -2.36. The Balaban J connectivity index is 1.68. The molecule has 4 heterocycles. The van der Waals surface area contributed by atoms with E-state index in [1.54, 1.807) is 37.6 Å². The van der Waals surface area contributed by atoms with Gasteiger partial charge in [-0.2, -0.15) is 9.61 Å². The number of amides is 1. The van der Waals surface area contributed by atoms with Gasteiger partial charge < -0.3 is 21.1 Å². The molecule has 0 saturated carbocycles. The molecular formula is C24H28N8O3. The molecule has 182 valence electrons. The number of anilines is 3. The van der Waals surface area contributed by atoms with Crippen molar-refractivity contribution in [2.45, 2.75) is 20.8 Å². The number of hydrogen-bond acceptors (Lipinski definition) is 8. The Kier molecular flexibility index (Phi) is 6.52. The van der Waals surface area contributed by atoms with Gasteiger partial charge in [0.15, 0.2) is 5.65 Å². The van der Waals surface area contributed by atoms with Crippen LogP contribution in [-0.2, 0) is 0 Å². The lowest BCUT2D eigenvalue weighted by Gasteiger charge is -2.21. The number of aliphatic hydroxyl groups is 1. The summed E-state index contributed by atoms with van der Waals surface area (Å²) in [6.07, 6.45) is 4.75.